The molecule has 0 bridgehead atoms. The third-order valence-corrected chi connectivity index (χ3v) is 6.37. The lowest BCUT2D eigenvalue weighted by molar-refractivity contribution is 0.104. The molecular formula is C23H31N3O2S. The fraction of sp³-hybridized carbons (Fsp3) is 0.478. The average molecular weight is 414 g/mol. The Bertz CT molecular complexity index is 995. The molecule has 0 saturated heterocycles. The number of nitrogens with zero attached hydrogens (tertiary/aromatic N) is 2. The van der Waals surface area contributed by atoms with E-state index in [4.69, 9.17) is 4.98 Å². The first kappa shape index (κ1) is 21.7. The second-order valence-electron chi connectivity index (χ2n) is 8.24. The molecule has 6 heteroatoms. The monoisotopic (exact) mass is 413 g/mol. The largest absolute Gasteiger partial charge is 0.391 e. The number of aromatic nitrogens is 2. The van der Waals surface area contributed by atoms with Crippen LogP contribution in [0, 0.1) is 19.8 Å². The van der Waals surface area contributed by atoms with Crippen molar-refractivity contribution in [3.63, 3.8) is 0 Å². The fourth-order valence-corrected chi connectivity index (χ4v) is 4.56. The van der Waals surface area contributed by atoms with Crippen molar-refractivity contribution in [1.29, 1.82) is 0 Å². The lowest BCUT2D eigenvalue weighted by Gasteiger charge is -2.25. The Balaban J connectivity index is 1.76. The van der Waals surface area contributed by atoms with E-state index >= 15 is 0 Å². The van der Waals surface area contributed by atoms with Crippen molar-refractivity contribution >= 4 is 21.6 Å². The first-order chi connectivity index (χ1) is 13.8. The standard InChI is InChI=1S/C23H31N3O2S/c1-15(2)10-11-26(13-19(27)12-18-8-6-5-7-9-18)14-20-24-22(28)21-16(3)17(4)29-23(21)25-20/h5-9,15,19,27H,10-14H2,1-4H3,(H,24,25,28). The van der Waals surface area contributed by atoms with E-state index in [1.807, 2.05) is 44.2 Å². The predicted molar refractivity (Wildman–Crippen MR) is 121 cm³/mol. The summed E-state index contributed by atoms with van der Waals surface area (Å²) in [6.07, 6.45) is 1.18. The maximum atomic E-state index is 12.6. The van der Waals surface area contributed by atoms with Crippen LogP contribution < -0.4 is 5.56 Å². The Labute approximate surface area is 176 Å². The second-order valence-corrected chi connectivity index (χ2v) is 9.44. The number of fused-ring (bicyclic) bond motifs is 1. The van der Waals surface area contributed by atoms with Gasteiger partial charge in [0.25, 0.3) is 5.56 Å². The summed E-state index contributed by atoms with van der Waals surface area (Å²) in [7, 11) is 0. The summed E-state index contributed by atoms with van der Waals surface area (Å²) in [6.45, 7) is 10.3. The number of rotatable bonds is 9. The highest BCUT2D eigenvalue weighted by Gasteiger charge is 2.17. The van der Waals surface area contributed by atoms with Gasteiger partial charge in [-0.25, -0.2) is 4.98 Å². The molecule has 2 heterocycles. The molecule has 0 saturated carbocycles. The van der Waals surface area contributed by atoms with Crippen molar-refractivity contribution in [1.82, 2.24) is 14.9 Å². The van der Waals surface area contributed by atoms with E-state index in [1.165, 1.54) is 0 Å². The Morgan fingerprint density at radius 1 is 1.21 bits per heavy atom. The molecule has 0 aliphatic carbocycles. The van der Waals surface area contributed by atoms with Gasteiger partial charge in [-0.2, -0.15) is 0 Å². The number of hydrogen-bond acceptors (Lipinski definition) is 5. The minimum absolute atomic E-state index is 0.0690. The van der Waals surface area contributed by atoms with Crippen LogP contribution in [0.1, 0.15) is 42.1 Å². The molecule has 0 aliphatic rings. The molecule has 3 aromatic rings. The van der Waals surface area contributed by atoms with Crippen LogP contribution in [0.15, 0.2) is 35.1 Å². The van der Waals surface area contributed by atoms with E-state index in [0.717, 1.165) is 33.8 Å². The lowest BCUT2D eigenvalue weighted by Crippen LogP contribution is -2.35. The molecule has 0 aliphatic heterocycles. The van der Waals surface area contributed by atoms with Crippen LogP contribution in [0.25, 0.3) is 10.2 Å². The number of aliphatic hydroxyl groups is 1. The van der Waals surface area contributed by atoms with E-state index < -0.39 is 6.10 Å². The molecule has 1 atom stereocenters. The second kappa shape index (κ2) is 9.65. The minimum Gasteiger partial charge on any atom is -0.391 e. The van der Waals surface area contributed by atoms with Crippen LogP contribution in [0.3, 0.4) is 0 Å². The van der Waals surface area contributed by atoms with Crippen LogP contribution in [-0.2, 0) is 13.0 Å². The van der Waals surface area contributed by atoms with E-state index in [0.29, 0.717) is 36.6 Å². The van der Waals surface area contributed by atoms with Crippen molar-refractivity contribution in [3.05, 3.63) is 62.5 Å². The van der Waals surface area contributed by atoms with Crippen LogP contribution in [0.2, 0.25) is 0 Å². The van der Waals surface area contributed by atoms with Crippen molar-refractivity contribution < 1.29 is 5.11 Å². The fourth-order valence-electron chi connectivity index (χ4n) is 3.51. The highest BCUT2D eigenvalue weighted by molar-refractivity contribution is 7.18. The van der Waals surface area contributed by atoms with Crippen LogP contribution in [0.4, 0.5) is 0 Å². The van der Waals surface area contributed by atoms with Crippen LogP contribution in [0.5, 0.6) is 0 Å². The van der Waals surface area contributed by atoms with Crippen LogP contribution >= 0.6 is 11.3 Å². The zero-order chi connectivity index (χ0) is 21.0. The maximum absolute atomic E-state index is 12.6. The average Bonchev–Trinajstić information content (AvgIpc) is 2.94. The summed E-state index contributed by atoms with van der Waals surface area (Å²) in [5.74, 6) is 1.24. The highest BCUT2D eigenvalue weighted by Crippen LogP contribution is 2.25. The van der Waals surface area contributed by atoms with E-state index in [-0.39, 0.29) is 5.56 Å². The van der Waals surface area contributed by atoms with Gasteiger partial charge >= 0.3 is 0 Å². The van der Waals surface area contributed by atoms with Crippen molar-refractivity contribution in [3.8, 4) is 0 Å². The van der Waals surface area contributed by atoms with E-state index in [1.54, 1.807) is 11.3 Å². The maximum Gasteiger partial charge on any atom is 0.259 e. The molecule has 2 aromatic heterocycles. The third-order valence-electron chi connectivity index (χ3n) is 5.27. The van der Waals surface area contributed by atoms with Gasteiger partial charge in [-0.3, -0.25) is 9.69 Å². The molecule has 0 radical (unpaired) electrons. The number of hydrogen-bond donors (Lipinski definition) is 2. The van der Waals surface area contributed by atoms with Gasteiger partial charge < -0.3 is 10.1 Å². The van der Waals surface area contributed by atoms with Crippen molar-refractivity contribution in [2.45, 2.75) is 53.2 Å². The quantitative estimate of drug-likeness (QED) is 0.555. The van der Waals surface area contributed by atoms with Gasteiger partial charge in [-0.05, 0) is 50.3 Å². The molecule has 5 nitrogen and oxygen atoms in total. The lowest BCUT2D eigenvalue weighted by atomic mass is 10.1. The Kier molecular flexibility index (Phi) is 7.22. The summed E-state index contributed by atoms with van der Waals surface area (Å²) < 4.78 is 0. The SMILES string of the molecule is Cc1sc2nc(CN(CCC(C)C)CC(O)Cc3ccccc3)[nH]c(=O)c2c1C. The number of H-pyrrole nitrogens is 1. The minimum atomic E-state index is -0.466. The molecule has 2 N–H and O–H groups in total. The Morgan fingerprint density at radius 2 is 1.93 bits per heavy atom. The summed E-state index contributed by atoms with van der Waals surface area (Å²) in [4.78, 5) is 24.4. The van der Waals surface area contributed by atoms with Crippen LogP contribution in [-0.4, -0.2) is 39.2 Å². The molecule has 1 unspecified atom stereocenters. The molecule has 3 rings (SSSR count). The first-order valence-electron chi connectivity index (χ1n) is 10.3. The van der Waals surface area contributed by atoms with Gasteiger partial charge in [0.2, 0.25) is 0 Å². The number of benzene rings is 1. The summed E-state index contributed by atoms with van der Waals surface area (Å²) >= 11 is 1.57. The number of aromatic amines is 1. The molecular weight excluding hydrogens is 382 g/mol. The Morgan fingerprint density at radius 3 is 2.62 bits per heavy atom. The summed E-state index contributed by atoms with van der Waals surface area (Å²) in [5.41, 5.74) is 2.07. The van der Waals surface area contributed by atoms with Gasteiger partial charge in [-0.1, -0.05) is 44.2 Å². The van der Waals surface area contributed by atoms with Gasteiger partial charge in [-0.15, -0.1) is 11.3 Å². The van der Waals surface area contributed by atoms with Gasteiger partial charge in [0.1, 0.15) is 10.7 Å². The molecule has 156 valence electrons. The normalized spacial score (nSPS) is 12.9. The summed E-state index contributed by atoms with van der Waals surface area (Å²) in [5, 5.41) is 11.4. The highest BCUT2D eigenvalue weighted by atomic mass is 32.1. The smallest absolute Gasteiger partial charge is 0.259 e. The molecule has 1 aromatic carbocycles. The topological polar surface area (TPSA) is 69.2 Å². The predicted octanol–water partition coefficient (Wildman–Crippen LogP) is 4.05. The zero-order valence-electron chi connectivity index (χ0n) is 17.7. The number of aryl methyl sites for hydroxylation is 2. The first-order valence-corrected chi connectivity index (χ1v) is 11.1. The van der Waals surface area contributed by atoms with Gasteiger partial charge in [0.15, 0.2) is 0 Å². The zero-order valence-corrected chi connectivity index (χ0v) is 18.6. The molecule has 0 fully saturated rings. The molecule has 29 heavy (non-hydrogen) atoms. The van der Waals surface area contributed by atoms with Crippen molar-refractivity contribution in [2.24, 2.45) is 5.92 Å². The number of aliphatic hydroxyl groups excluding tert-OH is 1. The van der Waals surface area contributed by atoms with E-state index in [2.05, 4.69) is 23.7 Å². The number of nitrogens with one attached hydrogen (secondary N) is 1. The number of thiophene rings is 1. The molecule has 0 spiro atoms. The molecule has 0 amide bonds. The van der Waals surface area contributed by atoms with Crippen molar-refractivity contribution in [2.75, 3.05) is 13.1 Å². The van der Waals surface area contributed by atoms with Gasteiger partial charge in [0, 0.05) is 11.4 Å². The van der Waals surface area contributed by atoms with Gasteiger partial charge in [0.05, 0.1) is 18.0 Å². The summed E-state index contributed by atoms with van der Waals surface area (Å²) in [6, 6.07) is 10.0. The van der Waals surface area contributed by atoms with E-state index in [9.17, 15) is 9.90 Å². The third kappa shape index (κ3) is 5.75. The Hall–Kier alpha value is -2.02.